The third kappa shape index (κ3) is 4.59. The third-order valence-electron chi connectivity index (χ3n) is 7.33. The van der Waals surface area contributed by atoms with E-state index < -0.39 is 7.92 Å². The Bertz CT molecular complexity index is 1820. The Morgan fingerprint density at radius 3 is 1.73 bits per heavy atom. The first-order valence-electron chi connectivity index (χ1n) is 13.2. The van der Waals surface area contributed by atoms with Crippen molar-refractivity contribution in [3.63, 3.8) is 0 Å². The van der Waals surface area contributed by atoms with E-state index in [4.69, 9.17) is 14.2 Å². The highest BCUT2D eigenvalue weighted by atomic mass is 31.1. The van der Waals surface area contributed by atoms with Crippen LogP contribution in [0, 0.1) is 0 Å². The summed E-state index contributed by atoms with van der Waals surface area (Å²) >= 11 is 0. The lowest BCUT2D eigenvalue weighted by Gasteiger charge is -2.26. The summed E-state index contributed by atoms with van der Waals surface area (Å²) < 4.78 is 17.4. The number of para-hydroxylation sites is 1. The lowest BCUT2D eigenvalue weighted by atomic mass is 9.91. The topological polar surface area (TPSA) is 68.2 Å². The van der Waals surface area contributed by atoms with Gasteiger partial charge < -0.3 is 24.4 Å². The molecular weight excluding hydrogens is 531 g/mol. The number of rotatable bonds is 7. The van der Waals surface area contributed by atoms with Gasteiger partial charge in [0.15, 0.2) is 0 Å². The van der Waals surface area contributed by atoms with E-state index in [1.54, 1.807) is 33.5 Å². The Balaban J connectivity index is 1.70. The summed E-state index contributed by atoms with van der Waals surface area (Å²) in [5, 5.41) is 29.1. The van der Waals surface area contributed by atoms with Gasteiger partial charge in [0.2, 0.25) is 0 Å². The van der Waals surface area contributed by atoms with Crippen LogP contribution in [0.15, 0.2) is 109 Å². The zero-order valence-electron chi connectivity index (χ0n) is 23.0. The molecule has 204 valence electrons. The normalized spacial score (nSPS) is 11.9. The zero-order valence-corrected chi connectivity index (χ0v) is 23.9. The molecule has 0 amide bonds. The Kier molecular flexibility index (Phi) is 7.13. The van der Waals surface area contributed by atoms with E-state index in [9.17, 15) is 10.2 Å². The molecule has 2 N–H and O–H groups in total. The van der Waals surface area contributed by atoms with Crippen LogP contribution in [0.4, 0.5) is 0 Å². The number of methoxy groups -OCH3 is 3. The first-order chi connectivity index (χ1) is 20.0. The summed E-state index contributed by atoms with van der Waals surface area (Å²) in [6, 6.07) is 35.3. The van der Waals surface area contributed by atoms with E-state index in [0.29, 0.717) is 22.6 Å². The lowest BCUT2D eigenvalue weighted by molar-refractivity contribution is 0.401. The molecule has 41 heavy (non-hydrogen) atoms. The molecule has 0 aliphatic heterocycles. The summed E-state index contributed by atoms with van der Waals surface area (Å²) in [6.07, 6.45) is 0. The van der Waals surface area contributed by atoms with Crippen LogP contribution in [-0.4, -0.2) is 31.5 Å². The predicted octanol–water partition coefficient (Wildman–Crippen LogP) is 6.86. The standard InChI is InChI=1S/C35H29O5P/c1-38-28-15-9-16-29(39-2)35(28)41(31-19-18-24(36)21-30(31)40-3)32-17-8-14-27(34(32)37)33-25-12-6-4-10-22(25)20-23-11-5-7-13-26(23)33/h4-21,36-37H,1-3H3. The van der Waals surface area contributed by atoms with Crippen LogP contribution in [0.1, 0.15) is 0 Å². The van der Waals surface area contributed by atoms with Crippen molar-refractivity contribution >= 4 is 45.4 Å². The quantitative estimate of drug-likeness (QED) is 0.165. The van der Waals surface area contributed by atoms with Crippen molar-refractivity contribution in [3.05, 3.63) is 109 Å². The van der Waals surface area contributed by atoms with Crippen LogP contribution < -0.4 is 30.1 Å². The number of hydrogen-bond donors (Lipinski definition) is 2. The van der Waals surface area contributed by atoms with Crippen LogP contribution in [-0.2, 0) is 0 Å². The molecule has 6 heteroatoms. The van der Waals surface area contributed by atoms with E-state index in [0.717, 1.165) is 43.3 Å². The molecule has 0 spiro atoms. The average molecular weight is 561 g/mol. The van der Waals surface area contributed by atoms with Crippen LogP contribution >= 0.6 is 7.92 Å². The van der Waals surface area contributed by atoms with Crippen LogP contribution in [0.5, 0.6) is 28.7 Å². The number of phenolic OH excluding ortho intramolecular Hbond substituents is 2. The highest BCUT2D eigenvalue weighted by Crippen LogP contribution is 2.48. The Hall–Kier alpha value is -4.73. The van der Waals surface area contributed by atoms with Crippen molar-refractivity contribution in [2.24, 2.45) is 0 Å². The number of aromatic hydroxyl groups is 2. The van der Waals surface area contributed by atoms with Gasteiger partial charge in [-0.05, 0) is 51.9 Å². The lowest BCUT2D eigenvalue weighted by Crippen LogP contribution is -2.25. The first-order valence-corrected chi connectivity index (χ1v) is 14.5. The molecule has 0 fully saturated rings. The van der Waals surface area contributed by atoms with Gasteiger partial charge in [-0.2, -0.15) is 0 Å². The molecule has 6 aromatic rings. The predicted molar refractivity (Wildman–Crippen MR) is 169 cm³/mol. The zero-order chi connectivity index (χ0) is 28.5. The molecule has 6 rings (SSSR count). The molecule has 6 aromatic carbocycles. The Labute approximate surface area is 239 Å². The van der Waals surface area contributed by atoms with Crippen molar-refractivity contribution < 1.29 is 24.4 Å². The first kappa shape index (κ1) is 26.5. The molecule has 0 aliphatic carbocycles. The number of hydrogen-bond acceptors (Lipinski definition) is 5. The highest BCUT2D eigenvalue weighted by Gasteiger charge is 2.30. The second-order valence-electron chi connectivity index (χ2n) is 9.57. The fourth-order valence-corrected chi connectivity index (χ4v) is 8.17. The van der Waals surface area contributed by atoms with Gasteiger partial charge in [-0.15, -0.1) is 0 Å². The second-order valence-corrected chi connectivity index (χ2v) is 11.7. The molecule has 0 saturated heterocycles. The smallest absolute Gasteiger partial charge is 0.131 e. The average Bonchev–Trinajstić information content (AvgIpc) is 3.01. The SMILES string of the molecule is COc1cc(O)ccc1P(c1cccc(-c2c3ccccc3cc3ccccc23)c1O)c1c(OC)cccc1OC. The minimum absolute atomic E-state index is 0.0905. The van der Waals surface area contributed by atoms with Crippen LogP contribution in [0.3, 0.4) is 0 Å². The van der Waals surface area contributed by atoms with E-state index in [1.165, 1.54) is 0 Å². The van der Waals surface area contributed by atoms with Gasteiger partial charge in [0, 0.05) is 35.7 Å². The van der Waals surface area contributed by atoms with Gasteiger partial charge in [-0.25, -0.2) is 0 Å². The second kappa shape index (κ2) is 11.0. The van der Waals surface area contributed by atoms with Gasteiger partial charge in [-0.3, -0.25) is 0 Å². The number of ether oxygens (including phenoxy) is 3. The van der Waals surface area contributed by atoms with Crippen molar-refractivity contribution in [3.8, 4) is 39.9 Å². The van der Waals surface area contributed by atoms with Crippen molar-refractivity contribution in [2.45, 2.75) is 0 Å². The molecule has 1 atom stereocenters. The molecule has 0 aliphatic rings. The summed E-state index contributed by atoms with van der Waals surface area (Å²) in [7, 11) is 3.33. The van der Waals surface area contributed by atoms with E-state index in [1.807, 2.05) is 66.7 Å². The van der Waals surface area contributed by atoms with Crippen LogP contribution in [0.25, 0.3) is 32.7 Å². The van der Waals surface area contributed by atoms with Crippen LogP contribution in [0.2, 0.25) is 0 Å². The molecule has 0 bridgehead atoms. The van der Waals surface area contributed by atoms with E-state index in [-0.39, 0.29) is 11.5 Å². The maximum atomic E-state index is 12.2. The Morgan fingerprint density at radius 2 is 1.12 bits per heavy atom. The van der Waals surface area contributed by atoms with Crippen molar-refractivity contribution in [2.75, 3.05) is 21.3 Å². The summed E-state index contributed by atoms with van der Waals surface area (Å²) in [5.41, 5.74) is 1.70. The fraction of sp³-hybridized carbons (Fsp3) is 0.0857. The molecule has 5 nitrogen and oxygen atoms in total. The number of benzene rings is 6. The maximum Gasteiger partial charge on any atom is 0.131 e. The third-order valence-corrected chi connectivity index (χ3v) is 9.91. The minimum atomic E-state index is -1.49. The van der Waals surface area contributed by atoms with Crippen molar-refractivity contribution in [1.82, 2.24) is 0 Å². The van der Waals surface area contributed by atoms with Crippen molar-refractivity contribution in [1.29, 1.82) is 0 Å². The largest absolute Gasteiger partial charge is 0.508 e. The number of fused-ring (bicyclic) bond motifs is 2. The highest BCUT2D eigenvalue weighted by molar-refractivity contribution is 7.80. The van der Waals surface area contributed by atoms with E-state index >= 15 is 0 Å². The molecule has 0 radical (unpaired) electrons. The minimum Gasteiger partial charge on any atom is -0.508 e. The van der Waals surface area contributed by atoms with Gasteiger partial charge in [0.05, 0.1) is 26.6 Å². The van der Waals surface area contributed by atoms with Gasteiger partial charge in [0.1, 0.15) is 28.7 Å². The molecule has 0 heterocycles. The summed E-state index contributed by atoms with van der Waals surface area (Å²) in [5.74, 6) is 2.03. The number of phenols is 2. The summed E-state index contributed by atoms with van der Waals surface area (Å²) in [4.78, 5) is 0. The molecular formula is C35H29O5P. The molecule has 1 unspecified atom stereocenters. The summed E-state index contributed by atoms with van der Waals surface area (Å²) in [6.45, 7) is 0. The van der Waals surface area contributed by atoms with Gasteiger partial charge >= 0.3 is 0 Å². The van der Waals surface area contributed by atoms with Gasteiger partial charge in [0.25, 0.3) is 0 Å². The van der Waals surface area contributed by atoms with Gasteiger partial charge in [-0.1, -0.05) is 72.8 Å². The monoisotopic (exact) mass is 560 g/mol. The maximum absolute atomic E-state index is 12.2. The fourth-order valence-electron chi connectivity index (χ4n) is 5.49. The molecule has 0 saturated carbocycles. The van der Waals surface area contributed by atoms with E-state index in [2.05, 4.69) is 30.3 Å². The Morgan fingerprint density at radius 1 is 0.537 bits per heavy atom. The molecule has 0 aromatic heterocycles.